The van der Waals surface area contributed by atoms with E-state index in [4.69, 9.17) is 4.74 Å². The Morgan fingerprint density at radius 3 is 2.81 bits per heavy atom. The Kier molecular flexibility index (Phi) is 6.02. The second-order valence-corrected chi connectivity index (χ2v) is 9.82. The number of carbonyl (C=O) groups excluding carboxylic acids is 1. The Morgan fingerprint density at radius 2 is 2.00 bits per heavy atom. The molecule has 3 aromatic rings. The number of fused-ring (bicyclic) bond motifs is 1. The molecule has 2 aromatic carbocycles. The fourth-order valence-corrected chi connectivity index (χ4v) is 5.68. The highest BCUT2D eigenvalue weighted by Gasteiger charge is 2.33. The molecule has 1 aliphatic heterocycles. The summed E-state index contributed by atoms with van der Waals surface area (Å²) in [7, 11) is -0.144. The van der Waals surface area contributed by atoms with Gasteiger partial charge in [-0.25, -0.2) is 8.42 Å². The van der Waals surface area contributed by atoms with E-state index in [1.807, 2.05) is 54.2 Å². The molecule has 0 spiro atoms. The van der Waals surface area contributed by atoms with Gasteiger partial charge < -0.3 is 14.6 Å². The minimum atomic E-state index is -3.66. The van der Waals surface area contributed by atoms with E-state index in [0.29, 0.717) is 31.7 Å². The molecule has 4 rings (SSSR count). The number of amides is 1. The highest BCUT2D eigenvalue weighted by Crippen LogP contribution is 2.27. The number of aryl methyl sites for hydroxylation is 1. The summed E-state index contributed by atoms with van der Waals surface area (Å²) < 4.78 is 35.2. The van der Waals surface area contributed by atoms with E-state index in [-0.39, 0.29) is 23.3 Å². The Hall–Kier alpha value is -2.84. The van der Waals surface area contributed by atoms with Crippen molar-refractivity contribution in [2.24, 2.45) is 13.0 Å². The molecule has 0 bridgehead atoms. The van der Waals surface area contributed by atoms with Crippen molar-refractivity contribution in [2.75, 3.05) is 20.2 Å². The highest BCUT2D eigenvalue weighted by molar-refractivity contribution is 7.89. The zero-order valence-corrected chi connectivity index (χ0v) is 18.6. The summed E-state index contributed by atoms with van der Waals surface area (Å²) in [6.07, 6.45) is 3.23. The van der Waals surface area contributed by atoms with Crippen LogP contribution in [0.3, 0.4) is 0 Å². The van der Waals surface area contributed by atoms with Crippen molar-refractivity contribution in [1.82, 2.24) is 14.2 Å². The molecule has 0 saturated carbocycles. The zero-order chi connectivity index (χ0) is 22.0. The van der Waals surface area contributed by atoms with Gasteiger partial charge in [0.15, 0.2) is 0 Å². The van der Waals surface area contributed by atoms with Crippen LogP contribution < -0.4 is 10.1 Å². The van der Waals surface area contributed by atoms with Crippen LogP contribution in [0.15, 0.2) is 59.6 Å². The lowest BCUT2D eigenvalue weighted by Gasteiger charge is -2.31. The van der Waals surface area contributed by atoms with Crippen LogP contribution in [-0.4, -0.2) is 43.4 Å². The van der Waals surface area contributed by atoms with Crippen LogP contribution in [0.4, 0.5) is 0 Å². The van der Waals surface area contributed by atoms with Crippen molar-refractivity contribution >= 4 is 26.8 Å². The third-order valence-electron chi connectivity index (χ3n) is 5.89. The molecule has 0 unspecified atom stereocenters. The Balaban J connectivity index is 1.46. The molecule has 1 N–H and O–H groups in total. The SMILES string of the molecule is COc1ccccc1CNC(=O)[C@@H]1CCCN(S(=O)(=O)c2ccc3c(ccn3C)c2)C1. The summed E-state index contributed by atoms with van der Waals surface area (Å²) in [5, 5.41) is 3.82. The first kappa shape index (κ1) is 21.4. The molecule has 164 valence electrons. The van der Waals surface area contributed by atoms with Gasteiger partial charge in [-0.3, -0.25) is 4.79 Å². The average molecular weight is 442 g/mol. The molecule has 31 heavy (non-hydrogen) atoms. The second-order valence-electron chi connectivity index (χ2n) is 7.88. The number of sulfonamides is 1. The van der Waals surface area contributed by atoms with Gasteiger partial charge in [0.05, 0.1) is 17.9 Å². The molecule has 1 saturated heterocycles. The molecule has 7 nitrogen and oxygen atoms in total. The standard InChI is InChI=1S/C23H27N3O4S/c1-25-13-11-17-14-20(9-10-21(17)25)31(28,29)26-12-5-7-19(16-26)23(27)24-15-18-6-3-4-8-22(18)30-2/h3-4,6,8-11,13-14,19H,5,7,12,15-16H2,1-2H3,(H,24,27)/t19-/m1/s1. The van der Waals surface area contributed by atoms with E-state index >= 15 is 0 Å². The monoisotopic (exact) mass is 441 g/mol. The third-order valence-corrected chi connectivity index (χ3v) is 7.76. The van der Waals surface area contributed by atoms with Crippen LogP contribution in [0.5, 0.6) is 5.75 Å². The molecule has 1 aliphatic rings. The summed E-state index contributed by atoms with van der Waals surface area (Å²) in [6.45, 7) is 0.954. The Morgan fingerprint density at radius 1 is 1.19 bits per heavy atom. The van der Waals surface area contributed by atoms with Gasteiger partial charge in [0.25, 0.3) is 0 Å². The minimum absolute atomic E-state index is 0.135. The minimum Gasteiger partial charge on any atom is -0.496 e. The number of ether oxygens (including phenoxy) is 1. The van der Waals surface area contributed by atoms with Crippen molar-refractivity contribution in [3.05, 3.63) is 60.3 Å². The lowest BCUT2D eigenvalue weighted by molar-refractivity contribution is -0.126. The van der Waals surface area contributed by atoms with E-state index in [0.717, 1.165) is 16.5 Å². The van der Waals surface area contributed by atoms with Crippen molar-refractivity contribution < 1.29 is 17.9 Å². The molecule has 1 fully saturated rings. The van der Waals surface area contributed by atoms with Crippen molar-refractivity contribution in [3.63, 3.8) is 0 Å². The fourth-order valence-electron chi connectivity index (χ4n) is 4.12. The van der Waals surface area contributed by atoms with Gasteiger partial charge in [-0.05, 0) is 43.2 Å². The number of hydrogen-bond acceptors (Lipinski definition) is 4. The van der Waals surface area contributed by atoms with Crippen molar-refractivity contribution in [2.45, 2.75) is 24.3 Å². The van der Waals surface area contributed by atoms with E-state index in [1.165, 1.54) is 4.31 Å². The largest absolute Gasteiger partial charge is 0.496 e. The fraction of sp³-hybridized carbons (Fsp3) is 0.348. The lowest BCUT2D eigenvalue weighted by Crippen LogP contribution is -2.45. The first-order chi connectivity index (χ1) is 14.9. The molecular formula is C23H27N3O4S. The highest BCUT2D eigenvalue weighted by atomic mass is 32.2. The average Bonchev–Trinajstić information content (AvgIpc) is 3.17. The molecule has 2 heterocycles. The molecule has 1 atom stereocenters. The van der Waals surface area contributed by atoms with Gasteiger partial charge in [-0.15, -0.1) is 0 Å². The van der Waals surface area contributed by atoms with Crippen LogP contribution >= 0.6 is 0 Å². The predicted octanol–water partition coefficient (Wildman–Crippen LogP) is 2.90. The van der Waals surface area contributed by atoms with Crippen LogP contribution in [0, 0.1) is 5.92 Å². The third kappa shape index (κ3) is 4.31. The normalized spacial score (nSPS) is 17.5. The number of para-hydroxylation sites is 1. The van der Waals surface area contributed by atoms with E-state index in [2.05, 4.69) is 5.32 Å². The van der Waals surface area contributed by atoms with Crippen LogP contribution in [-0.2, 0) is 28.4 Å². The maximum absolute atomic E-state index is 13.2. The van der Waals surface area contributed by atoms with Gasteiger partial charge in [-0.1, -0.05) is 18.2 Å². The molecule has 1 aromatic heterocycles. The van der Waals surface area contributed by atoms with Crippen LogP contribution in [0.1, 0.15) is 18.4 Å². The number of aromatic nitrogens is 1. The molecule has 0 aliphatic carbocycles. The number of hydrogen-bond donors (Lipinski definition) is 1. The number of nitrogens with one attached hydrogen (secondary N) is 1. The number of methoxy groups -OCH3 is 1. The number of nitrogens with zero attached hydrogens (tertiary/aromatic N) is 2. The van der Waals surface area contributed by atoms with Gasteiger partial charge in [0.1, 0.15) is 5.75 Å². The van der Waals surface area contributed by atoms with Crippen LogP contribution in [0.2, 0.25) is 0 Å². The van der Waals surface area contributed by atoms with Gasteiger partial charge in [0, 0.05) is 49.3 Å². The number of piperidine rings is 1. The van der Waals surface area contributed by atoms with Crippen molar-refractivity contribution in [3.8, 4) is 5.75 Å². The quantitative estimate of drug-likeness (QED) is 0.638. The molecule has 8 heteroatoms. The number of rotatable bonds is 6. The smallest absolute Gasteiger partial charge is 0.243 e. The summed E-state index contributed by atoms with van der Waals surface area (Å²) in [4.78, 5) is 13.0. The zero-order valence-electron chi connectivity index (χ0n) is 17.7. The van der Waals surface area contributed by atoms with E-state index in [1.54, 1.807) is 19.2 Å². The van der Waals surface area contributed by atoms with E-state index in [9.17, 15) is 13.2 Å². The predicted molar refractivity (Wildman–Crippen MR) is 119 cm³/mol. The van der Waals surface area contributed by atoms with Gasteiger partial charge in [-0.2, -0.15) is 4.31 Å². The van der Waals surface area contributed by atoms with Crippen molar-refractivity contribution in [1.29, 1.82) is 0 Å². The summed E-state index contributed by atoms with van der Waals surface area (Å²) in [5.74, 6) is 0.204. The second kappa shape index (κ2) is 8.72. The lowest BCUT2D eigenvalue weighted by atomic mass is 9.98. The number of carbonyl (C=O) groups is 1. The Labute approximate surface area is 182 Å². The van der Waals surface area contributed by atoms with E-state index < -0.39 is 10.0 Å². The first-order valence-electron chi connectivity index (χ1n) is 10.3. The number of benzene rings is 2. The van der Waals surface area contributed by atoms with Gasteiger partial charge in [0.2, 0.25) is 15.9 Å². The topological polar surface area (TPSA) is 80.6 Å². The first-order valence-corrected chi connectivity index (χ1v) is 11.8. The Bertz CT molecular complexity index is 1200. The van der Waals surface area contributed by atoms with Crippen LogP contribution in [0.25, 0.3) is 10.9 Å². The maximum atomic E-state index is 13.2. The summed E-state index contributed by atoms with van der Waals surface area (Å²) in [6, 6.07) is 14.6. The molecule has 1 amide bonds. The van der Waals surface area contributed by atoms with Gasteiger partial charge >= 0.3 is 0 Å². The summed E-state index contributed by atoms with van der Waals surface area (Å²) >= 11 is 0. The molecule has 0 radical (unpaired) electrons. The maximum Gasteiger partial charge on any atom is 0.243 e. The summed E-state index contributed by atoms with van der Waals surface area (Å²) in [5.41, 5.74) is 1.86. The molecular weight excluding hydrogens is 414 g/mol.